The number of hydrogen-bond donors (Lipinski definition) is 0. The van der Waals surface area contributed by atoms with Crippen molar-refractivity contribution in [1.29, 1.82) is 5.26 Å². The zero-order valence-corrected chi connectivity index (χ0v) is 13.1. The summed E-state index contributed by atoms with van der Waals surface area (Å²) in [6, 6.07) is 9.76. The molecule has 3 fully saturated rings. The standard InChI is InChI=1S/C18H16N4O2/c19-11-17-8-18(9-17,10-17)22-16(24)21-14(5-6-15(21)20-22)13-3-1-12(7-23)2-4-13/h1-4,7,14H,5-6,8-10H2. The molecule has 6 heteroatoms. The van der Waals surface area contributed by atoms with Crippen LogP contribution in [-0.2, 0) is 12.0 Å². The van der Waals surface area contributed by atoms with Crippen LogP contribution in [-0.4, -0.2) is 20.6 Å². The summed E-state index contributed by atoms with van der Waals surface area (Å²) in [5.74, 6) is 0.834. The lowest BCUT2D eigenvalue weighted by Gasteiger charge is -2.65. The summed E-state index contributed by atoms with van der Waals surface area (Å²) in [5.41, 5.74) is 1.20. The number of hydrogen-bond acceptors (Lipinski definition) is 4. The average molecular weight is 320 g/mol. The molecular weight excluding hydrogens is 304 g/mol. The van der Waals surface area contributed by atoms with Gasteiger partial charge in [-0.3, -0.25) is 9.36 Å². The Hall–Kier alpha value is -2.68. The van der Waals surface area contributed by atoms with Crippen molar-refractivity contribution in [3.63, 3.8) is 0 Å². The fourth-order valence-electron chi connectivity index (χ4n) is 4.80. The van der Waals surface area contributed by atoms with Crippen LogP contribution in [0.2, 0.25) is 0 Å². The third-order valence-corrected chi connectivity index (χ3v) is 5.98. The first-order chi connectivity index (χ1) is 11.6. The highest BCUT2D eigenvalue weighted by atomic mass is 16.2. The van der Waals surface area contributed by atoms with Crippen LogP contribution in [0.3, 0.4) is 0 Å². The molecule has 6 rings (SSSR count). The van der Waals surface area contributed by atoms with Crippen LogP contribution in [0.4, 0.5) is 0 Å². The quantitative estimate of drug-likeness (QED) is 0.808. The van der Waals surface area contributed by atoms with Crippen molar-refractivity contribution in [2.75, 3.05) is 0 Å². The van der Waals surface area contributed by atoms with Crippen molar-refractivity contribution in [2.45, 2.75) is 43.7 Å². The molecule has 3 aliphatic carbocycles. The molecule has 6 nitrogen and oxygen atoms in total. The summed E-state index contributed by atoms with van der Waals surface area (Å²) < 4.78 is 3.45. The first kappa shape index (κ1) is 13.7. The number of aryl methyl sites for hydroxylation is 1. The molecule has 3 saturated carbocycles. The van der Waals surface area contributed by atoms with Gasteiger partial charge in [-0.15, -0.1) is 0 Å². The van der Waals surface area contributed by atoms with Gasteiger partial charge in [-0.2, -0.15) is 10.4 Å². The molecule has 1 aliphatic heterocycles. The van der Waals surface area contributed by atoms with E-state index in [9.17, 15) is 14.9 Å². The summed E-state index contributed by atoms with van der Waals surface area (Å²) in [5, 5.41) is 13.8. The highest BCUT2D eigenvalue weighted by Crippen LogP contribution is 2.70. The Morgan fingerprint density at radius 3 is 2.58 bits per heavy atom. The van der Waals surface area contributed by atoms with E-state index in [0.29, 0.717) is 5.56 Å². The van der Waals surface area contributed by atoms with Gasteiger partial charge in [0.25, 0.3) is 0 Å². The van der Waals surface area contributed by atoms with Crippen LogP contribution < -0.4 is 5.69 Å². The Balaban J connectivity index is 1.52. The molecule has 1 aromatic heterocycles. The van der Waals surface area contributed by atoms with Gasteiger partial charge >= 0.3 is 5.69 Å². The molecule has 0 saturated heterocycles. The van der Waals surface area contributed by atoms with Gasteiger partial charge in [0.2, 0.25) is 0 Å². The van der Waals surface area contributed by atoms with E-state index < -0.39 is 0 Å². The van der Waals surface area contributed by atoms with Crippen molar-refractivity contribution >= 4 is 6.29 Å². The number of fused-ring (bicyclic) bond motifs is 1. The summed E-state index contributed by atoms with van der Waals surface area (Å²) in [6.07, 6.45) is 4.72. The lowest BCUT2D eigenvalue weighted by molar-refractivity contribution is -0.155. The third kappa shape index (κ3) is 1.52. The third-order valence-electron chi connectivity index (χ3n) is 5.98. The largest absolute Gasteiger partial charge is 0.347 e. The minimum Gasteiger partial charge on any atom is -0.298 e. The fourth-order valence-corrected chi connectivity index (χ4v) is 4.80. The number of nitrogens with zero attached hydrogens (tertiary/aromatic N) is 4. The molecule has 0 N–H and O–H groups in total. The van der Waals surface area contributed by atoms with Crippen molar-refractivity contribution in [3.8, 4) is 6.07 Å². The predicted molar refractivity (Wildman–Crippen MR) is 84.6 cm³/mol. The van der Waals surface area contributed by atoms with Crippen LogP contribution in [0.1, 0.15) is 53.5 Å². The number of aromatic nitrogens is 3. The first-order valence-corrected chi connectivity index (χ1v) is 8.27. The van der Waals surface area contributed by atoms with Gasteiger partial charge in [0.15, 0.2) is 0 Å². The van der Waals surface area contributed by atoms with E-state index in [1.807, 2.05) is 12.1 Å². The molecule has 1 unspecified atom stereocenters. The highest BCUT2D eigenvalue weighted by Gasteiger charge is 2.71. The first-order valence-electron chi connectivity index (χ1n) is 8.27. The van der Waals surface area contributed by atoms with Gasteiger partial charge in [-0.05, 0) is 31.2 Å². The van der Waals surface area contributed by atoms with Crippen LogP contribution in [0.15, 0.2) is 29.1 Å². The van der Waals surface area contributed by atoms with E-state index in [4.69, 9.17) is 0 Å². The van der Waals surface area contributed by atoms with E-state index in [1.54, 1.807) is 21.4 Å². The minimum absolute atomic E-state index is 0.0146. The number of aldehydes is 1. The summed E-state index contributed by atoms with van der Waals surface area (Å²) >= 11 is 0. The smallest absolute Gasteiger partial charge is 0.298 e. The van der Waals surface area contributed by atoms with Gasteiger partial charge in [0, 0.05) is 12.0 Å². The minimum atomic E-state index is -0.212. The fraction of sp³-hybridized carbons (Fsp3) is 0.444. The highest BCUT2D eigenvalue weighted by molar-refractivity contribution is 5.74. The van der Waals surface area contributed by atoms with Gasteiger partial charge < -0.3 is 0 Å². The molecule has 2 bridgehead atoms. The van der Waals surface area contributed by atoms with Crippen LogP contribution >= 0.6 is 0 Å². The van der Waals surface area contributed by atoms with Gasteiger partial charge in [0.1, 0.15) is 12.1 Å². The number of carbonyl (C=O) groups is 1. The Morgan fingerprint density at radius 1 is 1.25 bits per heavy atom. The molecule has 1 aromatic carbocycles. The SMILES string of the molecule is N#CC12CC(n3nc4n(c3=O)C(c3ccc(C=O)cc3)CC4)(C1)C2. The molecule has 1 atom stereocenters. The number of benzene rings is 1. The van der Waals surface area contributed by atoms with Crippen molar-refractivity contribution in [3.05, 3.63) is 51.7 Å². The van der Waals surface area contributed by atoms with Crippen LogP contribution in [0.5, 0.6) is 0 Å². The van der Waals surface area contributed by atoms with Crippen LogP contribution in [0, 0.1) is 16.7 Å². The van der Waals surface area contributed by atoms with Crippen molar-refractivity contribution in [1.82, 2.24) is 14.3 Å². The lowest BCUT2D eigenvalue weighted by Crippen LogP contribution is -2.69. The summed E-state index contributed by atoms with van der Waals surface area (Å²) in [4.78, 5) is 23.8. The summed E-state index contributed by atoms with van der Waals surface area (Å²) in [6.45, 7) is 0. The molecule has 4 aliphatic rings. The Kier molecular flexibility index (Phi) is 2.42. The average Bonchev–Trinajstić information content (AvgIpc) is 3.07. The van der Waals surface area contributed by atoms with Gasteiger partial charge in [0.05, 0.1) is 23.1 Å². The Bertz CT molecular complexity index is 941. The molecule has 0 radical (unpaired) electrons. The van der Waals surface area contributed by atoms with Crippen molar-refractivity contribution < 1.29 is 4.79 Å². The Morgan fingerprint density at radius 2 is 1.96 bits per heavy atom. The molecule has 24 heavy (non-hydrogen) atoms. The summed E-state index contributed by atoms with van der Waals surface area (Å²) in [7, 11) is 0. The second-order valence-electron chi connectivity index (χ2n) is 7.47. The maximum atomic E-state index is 12.9. The topological polar surface area (TPSA) is 80.7 Å². The zero-order chi connectivity index (χ0) is 16.5. The molecule has 2 heterocycles. The number of nitriles is 1. The molecule has 120 valence electrons. The predicted octanol–water partition coefficient (Wildman–Crippen LogP) is 1.80. The molecule has 2 aromatic rings. The van der Waals surface area contributed by atoms with E-state index in [2.05, 4.69) is 11.2 Å². The van der Waals surface area contributed by atoms with E-state index in [1.165, 1.54) is 0 Å². The second kappa shape index (κ2) is 4.23. The van der Waals surface area contributed by atoms with Crippen LogP contribution in [0.25, 0.3) is 0 Å². The molecule has 0 spiro atoms. The van der Waals surface area contributed by atoms with E-state index in [-0.39, 0.29) is 22.7 Å². The molecular formula is C18H16N4O2. The maximum Gasteiger partial charge on any atom is 0.347 e. The number of carbonyl (C=O) groups excluding carboxylic acids is 1. The monoisotopic (exact) mass is 320 g/mol. The second-order valence-corrected chi connectivity index (χ2v) is 7.47. The Labute approximate surface area is 138 Å². The zero-order valence-electron chi connectivity index (χ0n) is 13.1. The normalized spacial score (nSPS) is 32.4. The maximum absolute atomic E-state index is 12.9. The number of rotatable bonds is 3. The lowest BCUT2D eigenvalue weighted by atomic mass is 9.40. The van der Waals surface area contributed by atoms with E-state index >= 15 is 0 Å². The van der Waals surface area contributed by atoms with Crippen molar-refractivity contribution in [2.24, 2.45) is 5.41 Å². The van der Waals surface area contributed by atoms with Gasteiger partial charge in [-0.25, -0.2) is 9.48 Å². The molecule has 0 amide bonds. The van der Waals surface area contributed by atoms with E-state index in [0.717, 1.165) is 49.8 Å². The van der Waals surface area contributed by atoms with Gasteiger partial charge in [-0.1, -0.05) is 24.3 Å².